The van der Waals surface area contributed by atoms with E-state index in [-0.39, 0.29) is 0 Å². The predicted molar refractivity (Wildman–Crippen MR) is 59.7 cm³/mol. The Bertz CT molecular complexity index is 472. The van der Waals surface area contributed by atoms with Crippen LogP contribution in [0.25, 0.3) is 10.8 Å². The molecule has 0 aliphatic rings. The predicted octanol–water partition coefficient (Wildman–Crippen LogP) is 3.42. The van der Waals surface area contributed by atoms with E-state index in [1.165, 1.54) is 11.1 Å². The largest absolute Gasteiger partial charge is 0.507 e. The molecule has 1 heteroatoms. The summed E-state index contributed by atoms with van der Waals surface area (Å²) < 4.78 is 0. The van der Waals surface area contributed by atoms with Gasteiger partial charge in [0.1, 0.15) is 5.75 Å². The van der Waals surface area contributed by atoms with Gasteiger partial charge in [-0.3, -0.25) is 0 Å². The minimum absolute atomic E-state index is 0.376. The molecule has 2 aromatic rings. The summed E-state index contributed by atoms with van der Waals surface area (Å²) in [6, 6.07) is 9.92. The van der Waals surface area contributed by atoms with Gasteiger partial charge < -0.3 is 5.11 Å². The van der Waals surface area contributed by atoms with Crippen LogP contribution in [0.15, 0.2) is 30.3 Å². The molecule has 0 unspecified atom stereocenters. The number of aryl methyl sites for hydroxylation is 2. The number of phenolic OH excluding ortho intramolecular Hbond substituents is 1. The van der Waals surface area contributed by atoms with Crippen molar-refractivity contribution in [3.05, 3.63) is 41.5 Å². The normalized spacial score (nSPS) is 10.7. The van der Waals surface area contributed by atoms with Crippen LogP contribution in [-0.2, 0) is 6.42 Å². The molecule has 0 fully saturated rings. The fourth-order valence-corrected chi connectivity index (χ4v) is 1.84. The molecule has 0 heterocycles. The van der Waals surface area contributed by atoms with Crippen molar-refractivity contribution in [3.63, 3.8) is 0 Å². The summed E-state index contributed by atoms with van der Waals surface area (Å²) in [5.74, 6) is 0.376. The van der Waals surface area contributed by atoms with Crippen LogP contribution in [0, 0.1) is 6.92 Å². The van der Waals surface area contributed by atoms with Crippen molar-refractivity contribution < 1.29 is 5.11 Å². The van der Waals surface area contributed by atoms with Crippen LogP contribution in [0.5, 0.6) is 5.75 Å². The first kappa shape index (κ1) is 9.07. The average molecular weight is 186 g/mol. The molecule has 0 saturated carbocycles. The zero-order valence-corrected chi connectivity index (χ0v) is 8.54. The Morgan fingerprint density at radius 1 is 1.14 bits per heavy atom. The molecule has 2 rings (SSSR count). The van der Waals surface area contributed by atoms with Crippen LogP contribution >= 0.6 is 0 Å². The summed E-state index contributed by atoms with van der Waals surface area (Å²) in [6.45, 7) is 4.21. The molecule has 72 valence electrons. The Balaban J connectivity index is 2.83. The highest BCUT2D eigenvalue weighted by atomic mass is 16.3. The molecular formula is C13H14O. The number of hydrogen-bond acceptors (Lipinski definition) is 1. The number of fused-ring (bicyclic) bond motifs is 1. The topological polar surface area (TPSA) is 20.2 Å². The van der Waals surface area contributed by atoms with Gasteiger partial charge in [0, 0.05) is 5.39 Å². The molecule has 1 N–H and O–H groups in total. The molecule has 14 heavy (non-hydrogen) atoms. The molecule has 0 aromatic heterocycles. The quantitative estimate of drug-likeness (QED) is 0.723. The summed E-state index contributed by atoms with van der Waals surface area (Å²) in [7, 11) is 0. The third-order valence-electron chi connectivity index (χ3n) is 2.65. The summed E-state index contributed by atoms with van der Waals surface area (Å²) in [4.78, 5) is 0. The van der Waals surface area contributed by atoms with Gasteiger partial charge in [-0.1, -0.05) is 25.1 Å². The van der Waals surface area contributed by atoms with Crippen LogP contribution in [-0.4, -0.2) is 5.11 Å². The maximum atomic E-state index is 9.72. The maximum absolute atomic E-state index is 9.72. The zero-order valence-electron chi connectivity index (χ0n) is 8.54. The number of phenols is 1. The lowest BCUT2D eigenvalue weighted by Crippen LogP contribution is -1.85. The second kappa shape index (κ2) is 3.33. The molecule has 0 aliphatic carbocycles. The van der Waals surface area contributed by atoms with Crippen molar-refractivity contribution in [2.75, 3.05) is 0 Å². The third kappa shape index (κ3) is 1.35. The second-order valence-corrected chi connectivity index (χ2v) is 3.64. The van der Waals surface area contributed by atoms with E-state index in [0.29, 0.717) is 5.75 Å². The molecule has 0 radical (unpaired) electrons. The standard InChI is InChI=1S/C13H14O/c1-3-10-7-9(2)11-5-4-6-13(14)12(11)8-10/h4-8,14H,3H2,1-2H3. The average Bonchev–Trinajstić information content (AvgIpc) is 2.19. The van der Waals surface area contributed by atoms with Gasteiger partial charge in [0.25, 0.3) is 0 Å². The number of benzene rings is 2. The lowest BCUT2D eigenvalue weighted by molar-refractivity contribution is 0.481. The summed E-state index contributed by atoms with van der Waals surface area (Å²) in [5, 5.41) is 11.8. The number of rotatable bonds is 1. The summed E-state index contributed by atoms with van der Waals surface area (Å²) in [5.41, 5.74) is 2.51. The molecule has 0 saturated heterocycles. The van der Waals surface area contributed by atoms with Gasteiger partial charge in [0.05, 0.1) is 0 Å². The SMILES string of the molecule is CCc1cc(C)c2cccc(O)c2c1. The van der Waals surface area contributed by atoms with Crippen molar-refractivity contribution >= 4 is 10.8 Å². The van der Waals surface area contributed by atoms with Gasteiger partial charge in [0.15, 0.2) is 0 Å². The first-order valence-corrected chi connectivity index (χ1v) is 4.93. The van der Waals surface area contributed by atoms with E-state index in [1.807, 2.05) is 12.1 Å². The highest BCUT2D eigenvalue weighted by Crippen LogP contribution is 2.28. The van der Waals surface area contributed by atoms with Gasteiger partial charge in [-0.05, 0) is 42.0 Å². The Hall–Kier alpha value is -1.50. The smallest absolute Gasteiger partial charge is 0.123 e. The summed E-state index contributed by atoms with van der Waals surface area (Å²) >= 11 is 0. The zero-order chi connectivity index (χ0) is 10.1. The van der Waals surface area contributed by atoms with E-state index in [9.17, 15) is 5.11 Å². The Kier molecular flexibility index (Phi) is 2.16. The Labute approximate surface area is 84.0 Å². The van der Waals surface area contributed by atoms with Crippen LogP contribution in [0.3, 0.4) is 0 Å². The molecule has 0 bridgehead atoms. The van der Waals surface area contributed by atoms with Crippen molar-refractivity contribution in [2.45, 2.75) is 20.3 Å². The number of hydrogen-bond donors (Lipinski definition) is 1. The minimum atomic E-state index is 0.376. The molecular weight excluding hydrogens is 172 g/mol. The minimum Gasteiger partial charge on any atom is -0.507 e. The van der Waals surface area contributed by atoms with Crippen molar-refractivity contribution in [3.8, 4) is 5.75 Å². The monoisotopic (exact) mass is 186 g/mol. The van der Waals surface area contributed by atoms with Crippen LogP contribution in [0.1, 0.15) is 18.1 Å². The van der Waals surface area contributed by atoms with Gasteiger partial charge in [0.2, 0.25) is 0 Å². The van der Waals surface area contributed by atoms with E-state index in [1.54, 1.807) is 6.07 Å². The van der Waals surface area contributed by atoms with E-state index >= 15 is 0 Å². The van der Waals surface area contributed by atoms with Crippen LogP contribution in [0.2, 0.25) is 0 Å². The lowest BCUT2D eigenvalue weighted by atomic mass is 10.00. The van der Waals surface area contributed by atoms with Crippen molar-refractivity contribution in [1.29, 1.82) is 0 Å². The van der Waals surface area contributed by atoms with Crippen LogP contribution in [0.4, 0.5) is 0 Å². The second-order valence-electron chi connectivity index (χ2n) is 3.64. The molecule has 1 nitrogen and oxygen atoms in total. The maximum Gasteiger partial charge on any atom is 0.123 e. The Morgan fingerprint density at radius 3 is 2.64 bits per heavy atom. The van der Waals surface area contributed by atoms with E-state index < -0.39 is 0 Å². The summed E-state index contributed by atoms with van der Waals surface area (Å²) in [6.07, 6.45) is 1.01. The van der Waals surface area contributed by atoms with Gasteiger partial charge >= 0.3 is 0 Å². The van der Waals surface area contributed by atoms with Crippen molar-refractivity contribution in [2.24, 2.45) is 0 Å². The first-order valence-electron chi connectivity index (χ1n) is 4.93. The molecule has 0 spiro atoms. The van der Waals surface area contributed by atoms with E-state index in [0.717, 1.165) is 17.2 Å². The molecule has 0 amide bonds. The molecule has 2 aromatic carbocycles. The fraction of sp³-hybridized carbons (Fsp3) is 0.231. The highest BCUT2D eigenvalue weighted by molar-refractivity contribution is 5.91. The molecule has 0 aliphatic heterocycles. The van der Waals surface area contributed by atoms with Crippen molar-refractivity contribution in [1.82, 2.24) is 0 Å². The van der Waals surface area contributed by atoms with E-state index in [4.69, 9.17) is 0 Å². The van der Waals surface area contributed by atoms with Gasteiger partial charge in [-0.15, -0.1) is 0 Å². The van der Waals surface area contributed by atoms with Crippen LogP contribution < -0.4 is 0 Å². The Morgan fingerprint density at radius 2 is 1.93 bits per heavy atom. The highest BCUT2D eigenvalue weighted by Gasteiger charge is 2.03. The van der Waals surface area contributed by atoms with Gasteiger partial charge in [-0.2, -0.15) is 0 Å². The molecule has 0 atom stereocenters. The van der Waals surface area contributed by atoms with E-state index in [2.05, 4.69) is 26.0 Å². The van der Waals surface area contributed by atoms with Gasteiger partial charge in [-0.25, -0.2) is 0 Å². The third-order valence-corrected chi connectivity index (χ3v) is 2.65. The fourth-order valence-electron chi connectivity index (χ4n) is 1.84. The number of aromatic hydroxyl groups is 1. The first-order chi connectivity index (χ1) is 6.72. The lowest BCUT2D eigenvalue weighted by Gasteiger charge is -2.06.